The van der Waals surface area contributed by atoms with Crippen molar-refractivity contribution in [3.05, 3.63) is 54.2 Å². The van der Waals surface area contributed by atoms with Crippen LogP contribution in [0.1, 0.15) is 16.2 Å². The molecule has 0 fully saturated rings. The van der Waals surface area contributed by atoms with Gasteiger partial charge >= 0.3 is 0 Å². The molecule has 0 saturated heterocycles. The number of nitrogens with zero attached hydrogens (tertiary/aromatic N) is 4. The minimum atomic E-state index is -0.387. The van der Waals surface area contributed by atoms with Gasteiger partial charge in [-0.3, -0.25) is 4.79 Å². The van der Waals surface area contributed by atoms with Gasteiger partial charge in [-0.25, -0.2) is 9.97 Å². The molecule has 0 aliphatic heterocycles. The lowest BCUT2D eigenvalue weighted by molar-refractivity contribution is 0.102. The summed E-state index contributed by atoms with van der Waals surface area (Å²) in [7, 11) is 3.96. The van der Waals surface area contributed by atoms with E-state index in [1.807, 2.05) is 43.3 Å². The minimum Gasteiger partial charge on any atom is -0.378 e. The van der Waals surface area contributed by atoms with Gasteiger partial charge in [-0.05, 0) is 31.2 Å². The average Bonchev–Trinajstić information content (AvgIpc) is 3.00. The topological polar surface area (TPSA) is 96.2 Å². The summed E-state index contributed by atoms with van der Waals surface area (Å²) < 4.78 is 4.92. The number of carbonyl (C=O) groups excluding carboxylic acids is 1. The van der Waals surface area contributed by atoms with Crippen LogP contribution in [0.25, 0.3) is 0 Å². The first-order valence-corrected chi connectivity index (χ1v) is 7.62. The molecule has 0 aliphatic rings. The highest BCUT2D eigenvalue weighted by Gasteiger charge is 2.11. The molecule has 3 aromatic rings. The Balaban J connectivity index is 1.71. The van der Waals surface area contributed by atoms with Crippen LogP contribution in [0.2, 0.25) is 0 Å². The van der Waals surface area contributed by atoms with Crippen molar-refractivity contribution in [3.8, 4) is 0 Å². The second kappa shape index (κ2) is 7.00. The third-order valence-electron chi connectivity index (χ3n) is 3.43. The maximum Gasteiger partial charge on any atom is 0.275 e. The number of nitrogens with one attached hydrogen (secondary N) is 2. The largest absolute Gasteiger partial charge is 0.378 e. The fourth-order valence-corrected chi connectivity index (χ4v) is 2.15. The molecular formula is C17H18N6O2. The predicted octanol–water partition coefficient (Wildman–Crippen LogP) is 2.83. The summed E-state index contributed by atoms with van der Waals surface area (Å²) in [5.41, 5.74) is 2.18. The van der Waals surface area contributed by atoms with Crippen molar-refractivity contribution in [1.82, 2.24) is 15.1 Å². The normalized spacial score (nSPS) is 10.4. The van der Waals surface area contributed by atoms with Crippen LogP contribution in [-0.4, -0.2) is 35.1 Å². The zero-order valence-corrected chi connectivity index (χ0v) is 14.1. The Morgan fingerprint density at radius 1 is 1.08 bits per heavy atom. The van der Waals surface area contributed by atoms with Gasteiger partial charge in [-0.15, -0.1) is 0 Å². The summed E-state index contributed by atoms with van der Waals surface area (Å²) in [5.74, 6) is 1.09. The number of aryl methyl sites for hydroxylation is 1. The van der Waals surface area contributed by atoms with Crippen LogP contribution < -0.4 is 15.5 Å². The van der Waals surface area contributed by atoms with E-state index in [4.69, 9.17) is 4.52 Å². The number of amides is 1. The molecule has 1 amide bonds. The third-order valence-corrected chi connectivity index (χ3v) is 3.43. The third kappa shape index (κ3) is 4.11. The van der Waals surface area contributed by atoms with Crippen LogP contribution in [0.15, 0.2) is 47.2 Å². The highest BCUT2D eigenvalue weighted by Crippen LogP contribution is 2.19. The lowest BCUT2D eigenvalue weighted by Crippen LogP contribution is -2.14. The van der Waals surface area contributed by atoms with Gasteiger partial charge in [0.05, 0.1) is 0 Å². The van der Waals surface area contributed by atoms with E-state index in [2.05, 4.69) is 25.8 Å². The molecule has 25 heavy (non-hydrogen) atoms. The molecule has 8 nitrogen and oxygen atoms in total. The molecule has 0 unspecified atom stereocenters. The van der Waals surface area contributed by atoms with Gasteiger partial charge in [0, 0.05) is 37.6 Å². The quantitative estimate of drug-likeness (QED) is 0.738. The van der Waals surface area contributed by atoms with Crippen LogP contribution in [0.4, 0.5) is 23.0 Å². The van der Waals surface area contributed by atoms with E-state index in [0.29, 0.717) is 17.4 Å². The van der Waals surface area contributed by atoms with Crippen molar-refractivity contribution in [1.29, 1.82) is 0 Å². The molecule has 2 N–H and O–H groups in total. The monoisotopic (exact) mass is 338 g/mol. The fraction of sp³-hybridized carbons (Fsp3) is 0.176. The van der Waals surface area contributed by atoms with E-state index in [1.54, 1.807) is 19.1 Å². The molecule has 2 heterocycles. The molecule has 128 valence electrons. The van der Waals surface area contributed by atoms with Gasteiger partial charge in [0.15, 0.2) is 5.82 Å². The van der Waals surface area contributed by atoms with E-state index >= 15 is 0 Å². The molecule has 2 aromatic heterocycles. The number of aromatic nitrogens is 3. The Morgan fingerprint density at radius 3 is 2.48 bits per heavy atom. The second-order valence-electron chi connectivity index (χ2n) is 5.63. The van der Waals surface area contributed by atoms with E-state index in [0.717, 1.165) is 11.4 Å². The lowest BCUT2D eigenvalue weighted by Gasteiger charge is -2.13. The van der Waals surface area contributed by atoms with E-state index < -0.39 is 0 Å². The minimum absolute atomic E-state index is 0.225. The summed E-state index contributed by atoms with van der Waals surface area (Å²) in [4.78, 5) is 22.4. The molecule has 3 rings (SSSR count). The molecule has 0 bridgehead atoms. The van der Waals surface area contributed by atoms with Crippen LogP contribution in [0, 0.1) is 6.92 Å². The van der Waals surface area contributed by atoms with Crippen molar-refractivity contribution in [2.75, 3.05) is 29.6 Å². The van der Waals surface area contributed by atoms with Crippen molar-refractivity contribution < 1.29 is 9.32 Å². The molecule has 0 saturated carbocycles. The van der Waals surface area contributed by atoms with Crippen LogP contribution in [-0.2, 0) is 0 Å². The van der Waals surface area contributed by atoms with Gasteiger partial charge in [-0.1, -0.05) is 5.16 Å². The number of carbonyl (C=O) groups is 1. The number of anilines is 4. The number of benzene rings is 1. The fourth-order valence-electron chi connectivity index (χ4n) is 2.15. The first kappa shape index (κ1) is 16.4. The molecule has 8 heteroatoms. The predicted molar refractivity (Wildman–Crippen MR) is 95.3 cm³/mol. The first-order chi connectivity index (χ1) is 12.0. The van der Waals surface area contributed by atoms with Gasteiger partial charge in [0.1, 0.15) is 23.6 Å². The summed E-state index contributed by atoms with van der Waals surface area (Å²) in [6.45, 7) is 1.75. The van der Waals surface area contributed by atoms with Crippen molar-refractivity contribution in [2.24, 2.45) is 0 Å². The zero-order chi connectivity index (χ0) is 17.8. The number of rotatable bonds is 5. The molecule has 0 aliphatic carbocycles. The Hall–Kier alpha value is -3.42. The van der Waals surface area contributed by atoms with Gasteiger partial charge in [0.25, 0.3) is 5.91 Å². The lowest BCUT2D eigenvalue weighted by atomic mass is 10.2. The Morgan fingerprint density at radius 2 is 1.84 bits per heavy atom. The van der Waals surface area contributed by atoms with Gasteiger partial charge < -0.3 is 20.1 Å². The highest BCUT2D eigenvalue weighted by molar-refractivity contribution is 6.02. The van der Waals surface area contributed by atoms with E-state index in [-0.39, 0.29) is 11.6 Å². The maximum absolute atomic E-state index is 12.2. The van der Waals surface area contributed by atoms with Crippen LogP contribution in [0.5, 0.6) is 0 Å². The van der Waals surface area contributed by atoms with Crippen molar-refractivity contribution >= 4 is 28.9 Å². The van der Waals surface area contributed by atoms with E-state index in [9.17, 15) is 4.79 Å². The zero-order valence-electron chi connectivity index (χ0n) is 14.1. The molecule has 0 spiro atoms. The Labute approximate surface area is 144 Å². The number of hydrogen-bond donors (Lipinski definition) is 2. The maximum atomic E-state index is 12.2. The van der Waals surface area contributed by atoms with Crippen molar-refractivity contribution in [2.45, 2.75) is 6.92 Å². The first-order valence-electron chi connectivity index (χ1n) is 7.62. The summed E-state index contributed by atoms with van der Waals surface area (Å²) >= 11 is 0. The smallest absolute Gasteiger partial charge is 0.275 e. The molecular weight excluding hydrogens is 320 g/mol. The van der Waals surface area contributed by atoms with Gasteiger partial charge in [0.2, 0.25) is 0 Å². The highest BCUT2D eigenvalue weighted by atomic mass is 16.5. The van der Waals surface area contributed by atoms with Crippen molar-refractivity contribution in [3.63, 3.8) is 0 Å². The van der Waals surface area contributed by atoms with Crippen LogP contribution in [0.3, 0.4) is 0 Å². The Kier molecular flexibility index (Phi) is 4.60. The molecule has 0 radical (unpaired) electrons. The standard InChI is InChI=1S/C17H18N6O2/c1-11-8-16(22-25-11)21-17(24)14-9-15(19-10-18-14)20-12-4-6-13(7-5-12)23(2)3/h4-10H,1-3H3,(H,18,19,20)(H,21,22,24). The van der Waals surface area contributed by atoms with Crippen LogP contribution >= 0.6 is 0 Å². The SMILES string of the molecule is Cc1cc(NC(=O)c2cc(Nc3ccc(N(C)C)cc3)ncn2)no1. The molecule has 1 aromatic carbocycles. The number of hydrogen-bond acceptors (Lipinski definition) is 7. The summed E-state index contributed by atoms with van der Waals surface area (Å²) in [5, 5.41) is 9.50. The van der Waals surface area contributed by atoms with Gasteiger partial charge in [-0.2, -0.15) is 0 Å². The molecule has 0 atom stereocenters. The second-order valence-corrected chi connectivity index (χ2v) is 5.63. The average molecular weight is 338 g/mol. The van der Waals surface area contributed by atoms with E-state index in [1.165, 1.54) is 6.33 Å². The Bertz CT molecular complexity index is 873. The summed E-state index contributed by atoms with van der Waals surface area (Å²) in [6.07, 6.45) is 1.33. The summed E-state index contributed by atoms with van der Waals surface area (Å²) in [6, 6.07) is 11.1.